The SMILES string of the molecule is CCOC(=O)CC1(Cc2ccccc2[N+](=O)[O-])OCCO1. The molecule has 1 fully saturated rings. The van der Waals surface area contributed by atoms with Crippen molar-refractivity contribution in [1.29, 1.82) is 0 Å². The maximum absolute atomic E-state index is 11.7. The molecule has 0 unspecified atom stereocenters. The first-order valence-corrected chi connectivity index (χ1v) is 6.72. The average Bonchev–Trinajstić information content (AvgIpc) is 2.87. The molecule has 0 aromatic heterocycles. The first-order valence-electron chi connectivity index (χ1n) is 6.72. The minimum atomic E-state index is -1.18. The molecule has 1 heterocycles. The molecular weight excluding hydrogens is 278 g/mol. The number of ether oxygens (including phenoxy) is 3. The van der Waals surface area contributed by atoms with E-state index in [2.05, 4.69) is 0 Å². The Balaban J connectivity index is 2.20. The lowest BCUT2D eigenvalue weighted by molar-refractivity contribution is -0.386. The summed E-state index contributed by atoms with van der Waals surface area (Å²) in [5.41, 5.74) is 0.452. The van der Waals surface area contributed by atoms with Crippen LogP contribution in [-0.2, 0) is 25.4 Å². The lowest BCUT2D eigenvalue weighted by Gasteiger charge is -2.26. The number of nitro groups is 1. The van der Waals surface area contributed by atoms with E-state index >= 15 is 0 Å². The first kappa shape index (κ1) is 15.4. The summed E-state index contributed by atoms with van der Waals surface area (Å²) < 4.78 is 16.0. The van der Waals surface area contributed by atoms with E-state index in [0.717, 1.165) is 0 Å². The molecule has 0 bridgehead atoms. The van der Waals surface area contributed by atoms with E-state index in [9.17, 15) is 14.9 Å². The van der Waals surface area contributed by atoms with Gasteiger partial charge in [-0.15, -0.1) is 0 Å². The smallest absolute Gasteiger partial charge is 0.311 e. The number of nitro benzene ring substituents is 1. The Morgan fingerprint density at radius 3 is 2.67 bits per heavy atom. The number of carbonyl (C=O) groups is 1. The second kappa shape index (κ2) is 6.64. The van der Waals surface area contributed by atoms with Crippen molar-refractivity contribution < 1.29 is 23.9 Å². The van der Waals surface area contributed by atoms with Crippen molar-refractivity contribution in [3.05, 3.63) is 39.9 Å². The fraction of sp³-hybridized carbons (Fsp3) is 0.500. The van der Waals surface area contributed by atoms with Crippen LogP contribution in [0.15, 0.2) is 24.3 Å². The van der Waals surface area contributed by atoms with Gasteiger partial charge in [0, 0.05) is 18.1 Å². The van der Waals surface area contributed by atoms with Crippen LogP contribution in [0, 0.1) is 10.1 Å². The van der Waals surface area contributed by atoms with Gasteiger partial charge in [0.05, 0.1) is 31.2 Å². The first-order chi connectivity index (χ1) is 10.1. The Bertz CT molecular complexity index is 524. The lowest BCUT2D eigenvalue weighted by Crippen LogP contribution is -2.36. The van der Waals surface area contributed by atoms with E-state index in [4.69, 9.17) is 14.2 Å². The summed E-state index contributed by atoms with van der Waals surface area (Å²) in [4.78, 5) is 22.3. The van der Waals surface area contributed by atoms with Gasteiger partial charge in [-0.05, 0) is 6.92 Å². The van der Waals surface area contributed by atoms with Crippen molar-refractivity contribution in [3.8, 4) is 0 Å². The van der Waals surface area contributed by atoms with E-state index in [1.54, 1.807) is 25.1 Å². The third-order valence-electron chi connectivity index (χ3n) is 3.18. The van der Waals surface area contributed by atoms with E-state index in [1.807, 2.05) is 0 Å². The van der Waals surface area contributed by atoms with Crippen molar-refractivity contribution in [3.63, 3.8) is 0 Å². The van der Waals surface area contributed by atoms with E-state index < -0.39 is 16.7 Å². The monoisotopic (exact) mass is 295 g/mol. The number of rotatable bonds is 6. The molecule has 114 valence electrons. The summed E-state index contributed by atoms with van der Waals surface area (Å²) in [6.45, 7) is 2.67. The summed E-state index contributed by atoms with van der Waals surface area (Å²) in [6.07, 6.45) is 0.0376. The summed E-state index contributed by atoms with van der Waals surface area (Å²) in [7, 11) is 0. The largest absolute Gasteiger partial charge is 0.466 e. The molecule has 0 N–H and O–H groups in total. The van der Waals surface area contributed by atoms with Crippen LogP contribution in [0.1, 0.15) is 18.9 Å². The number of hydrogen-bond donors (Lipinski definition) is 0. The maximum Gasteiger partial charge on any atom is 0.311 e. The second-order valence-corrected chi connectivity index (χ2v) is 4.65. The molecule has 0 amide bonds. The Morgan fingerprint density at radius 1 is 1.38 bits per heavy atom. The Kier molecular flexibility index (Phi) is 4.87. The highest BCUT2D eigenvalue weighted by atomic mass is 16.7. The minimum Gasteiger partial charge on any atom is -0.466 e. The molecule has 0 radical (unpaired) electrons. The van der Waals surface area contributed by atoms with Crippen LogP contribution < -0.4 is 0 Å². The van der Waals surface area contributed by atoms with Gasteiger partial charge in [0.15, 0.2) is 5.79 Å². The van der Waals surface area contributed by atoms with Gasteiger partial charge < -0.3 is 14.2 Å². The predicted octanol–water partition coefficient (Wildman–Crippen LogP) is 1.83. The highest BCUT2D eigenvalue weighted by Gasteiger charge is 2.41. The molecule has 0 saturated carbocycles. The zero-order valence-corrected chi connectivity index (χ0v) is 11.7. The van der Waals surface area contributed by atoms with Gasteiger partial charge in [-0.3, -0.25) is 14.9 Å². The van der Waals surface area contributed by atoms with Gasteiger partial charge in [0.1, 0.15) is 0 Å². The summed E-state index contributed by atoms with van der Waals surface area (Å²) in [5, 5.41) is 11.1. The van der Waals surface area contributed by atoms with E-state index in [0.29, 0.717) is 18.8 Å². The quantitative estimate of drug-likeness (QED) is 0.452. The zero-order chi connectivity index (χ0) is 15.3. The second-order valence-electron chi connectivity index (χ2n) is 4.65. The number of hydrogen-bond acceptors (Lipinski definition) is 6. The Hall–Kier alpha value is -1.99. The number of benzene rings is 1. The molecule has 1 saturated heterocycles. The highest BCUT2D eigenvalue weighted by Crippen LogP contribution is 2.31. The number of esters is 1. The number of nitrogens with zero attached hydrogens (tertiary/aromatic N) is 1. The van der Waals surface area contributed by atoms with Gasteiger partial charge in [-0.25, -0.2) is 0 Å². The normalized spacial score (nSPS) is 16.6. The molecule has 1 aliphatic rings. The van der Waals surface area contributed by atoms with Gasteiger partial charge in [-0.1, -0.05) is 18.2 Å². The molecule has 0 atom stereocenters. The molecule has 0 aliphatic carbocycles. The van der Waals surface area contributed by atoms with Crippen LogP contribution in [0.25, 0.3) is 0 Å². The topological polar surface area (TPSA) is 87.9 Å². The zero-order valence-electron chi connectivity index (χ0n) is 11.7. The van der Waals surface area contributed by atoms with Gasteiger partial charge in [0.2, 0.25) is 0 Å². The molecule has 7 heteroatoms. The average molecular weight is 295 g/mol. The molecule has 21 heavy (non-hydrogen) atoms. The molecule has 1 aromatic carbocycles. The van der Waals surface area contributed by atoms with Crippen LogP contribution >= 0.6 is 0 Å². The summed E-state index contributed by atoms with van der Waals surface area (Å²) >= 11 is 0. The summed E-state index contributed by atoms with van der Waals surface area (Å²) in [6, 6.07) is 6.35. The molecule has 2 rings (SSSR count). The van der Waals surface area contributed by atoms with Crippen LogP contribution in [0.2, 0.25) is 0 Å². The van der Waals surface area contributed by atoms with Crippen LogP contribution in [0.3, 0.4) is 0 Å². The fourth-order valence-corrected chi connectivity index (χ4v) is 2.32. The Labute approximate surface area is 122 Å². The van der Waals surface area contributed by atoms with E-state index in [1.165, 1.54) is 6.07 Å². The minimum absolute atomic E-state index is 0.0140. The van der Waals surface area contributed by atoms with Crippen LogP contribution in [0.4, 0.5) is 5.69 Å². The molecule has 0 spiro atoms. The van der Waals surface area contributed by atoms with Gasteiger partial charge in [-0.2, -0.15) is 0 Å². The van der Waals surface area contributed by atoms with Crippen LogP contribution in [-0.4, -0.2) is 36.5 Å². The van der Waals surface area contributed by atoms with Crippen molar-refractivity contribution in [1.82, 2.24) is 0 Å². The molecule has 7 nitrogen and oxygen atoms in total. The van der Waals surface area contributed by atoms with E-state index in [-0.39, 0.29) is 25.1 Å². The van der Waals surface area contributed by atoms with Crippen molar-refractivity contribution in [2.45, 2.75) is 25.6 Å². The summed E-state index contributed by atoms with van der Waals surface area (Å²) in [5.74, 6) is -1.63. The fourth-order valence-electron chi connectivity index (χ4n) is 2.32. The maximum atomic E-state index is 11.7. The van der Waals surface area contributed by atoms with Crippen molar-refractivity contribution in [2.24, 2.45) is 0 Å². The highest BCUT2D eigenvalue weighted by molar-refractivity contribution is 5.70. The van der Waals surface area contributed by atoms with Crippen molar-refractivity contribution >= 4 is 11.7 Å². The van der Waals surface area contributed by atoms with Crippen LogP contribution in [0.5, 0.6) is 0 Å². The third kappa shape index (κ3) is 3.77. The van der Waals surface area contributed by atoms with Gasteiger partial charge >= 0.3 is 5.97 Å². The predicted molar refractivity (Wildman–Crippen MR) is 72.7 cm³/mol. The standard InChI is InChI=1S/C14H17NO6/c1-2-19-13(16)10-14(20-7-8-21-14)9-11-5-3-4-6-12(11)15(17)18/h3-6H,2,7-10H2,1H3. The van der Waals surface area contributed by atoms with Crippen molar-refractivity contribution in [2.75, 3.05) is 19.8 Å². The molecular formula is C14H17NO6. The number of para-hydroxylation sites is 1. The van der Waals surface area contributed by atoms with Gasteiger partial charge in [0.25, 0.3) is 5.69 Å². The molecule has 1 aliphatic heterocycles. The third-order valence-corrected chi connectivity index (χ3v) is 3.18. The number of carbonyl (C=O) groups excluding carboxylic acids is 1. The molecule has 1 aromatic rings. The lowest BCUT2D eigenvalue weighted by atomic mass is 10.0. The Morgan fingerprint density at radius 2 is 2.05 bits per heavy atom.